The number of benzene rings is 3. The van der Waals surface area contributed by atoms with E-state index in [0.29, 0.717) is 13.0 Å². The van der Waals surface area contributed by atoms with Crippen LogP contribution < -0.4 is 9.64 Å². The van der Waals surface area contributed by atoms with Crippen molar-refractivity contribution >= 4 is 11.7 Å². The second-order valence-corrected chi connectivity index (χ2v) is 8.74. The maximum Gasteiger partial charge on any atom is 0.303 e. The molecule has 33 heavy (non-hydrogen) atoms. The predicted molar refractivity (Wildman–Crippen MR) is 132 cm³/mol. The fourth-order valence-electron chi connectivity index (χ4n) is 4.09. The molecule has 0 radical (unpaired) electrons. The van der Waals surface area contributed by atoms with Gasteiger partial charge in [-0.15, -0.1) is 0 Å². The predicted octanol–water partition coefficient (Wildman–Crippen LogP) is 4.91. The van der Waals surface area contributed by atoms with E-state index in [4.69, 9.17) is 9.84 Å². The van der Waals surface area contributed by atoms with Crippen molar-refractivity contribution in [3.05, 3.63) is 95.1 Å². The lowest BCUT2D eigenvalue weighted by atomic mass is 10.1. The van der Waals surface area contributed by atoms with Crippen molar-refractivity contribution in [3.63, 3.8) is 0 Å². The average Bonchev–Trinajstić information content (AvgIpc) is 2.84. The molecule has 5 heteroatoms. The molecule has 1 heterocycles. The van der Waals surface area contributed by atoms with Gasteiger partial charge < -0.3 is 14.7 Å². The lowest BCUT2D eigenvalue weighted by molar-refractivity contribution is -0.136. The van der Waals surface area contributed by atoms with Gasteiger partial charge >= 0.3 is 5.97 Å². The SMILES string of the molecule is Cc1ccc(N2CCN(Cc3ccc(COc4ccc(CCC(=O)O)cc4)cc3)CC2)cc1. The first-order valence-corrected chi connectivity index (χ1v) is 11.6. The molecule has 1 aliphatic rings. The summed E-state index contributed by atoms with van der Waals surface area (Å²) in [5, 5.41) is 8.78. The highest BCUT2D eigenvalue weighted by Crippen LogP contribution is 2.19. The van der Waals surface area contributed by atoms with Gasteiger partial charge in [-0.05, 0) is 54.3 Å². The summed E-state index contributed by atoms with van der Waals surface area (Å²) in [5.74, 6) is 0.0212. The van der Waals surface area contributed by atoms with E-state index in [1.165, 1.54) is 16.8 Å². The first-order valence-electron chi connectivity index (χ1n) is 11.6. The third kappa shape index (κ3) is 6.83. The number of aryl methyl sites for hydroxylation is 2. The van der Waals surface area contributed by atoms with Gasteiger partial charge in [-0.1, -0.05) is 54.1 Å². The zero-order valence-corrected chi connectivity index (χ0v) is 19.2. The highest BCUT2D eigenvalue weighted by atomic mass is 16.5. The maximum atomic E-state index is 10.7. The Morgan fingerprint density at radius 2 is 1.42 bits per heavy atom. The molecule has 172 valence electrons. The summed E-state index contributed by atoms with van der Waals surface area (Å²) < 4.78 is 5.89. The largest absolute Gasteiger partial charge is 0.489 e. The van der Waals surface area contributed by atoms with Gasteiger partial charge in [0.2, 0.25) is 0 Å². The lowest BCUT2D eigenvalue weighted by Gasteiger charge is -2.36. The summed E-state index contributed by atoms with van der Waals surface area (Å²) in [6, 6.07) is 25.1. The minimum absolute atomic E-state index is 0.148. The summed E-state index contributed by atoms with van der Waals surface area (Å²) in [6.45, 7) is 7.88. The number of rotatable bonds is 9. The summed E-state index contributed by atoms with van der Waals surface area (Å²) in [7, 11) is 0. The molecule has 0 spiro atoms. The van der Waals surface area contributed by atoms with Crippen LogP contribution in [-0.4, -0.2) is 42.2 Å². The standard InChI is InChI=1S/C28H32N2O3/c1-22-2-11-26(12-3-22)30-18-16-29(17-19-30)20-24-4-6-25(7-5-24)21-33-27-13-8-23(9-14-27)10-15-28(31)32/h2-9,11-14H,10,15-21H2,1H3,(H,31,32). The summed E-state index contributed by atoms with van der Waals surface area (Å²) in [6.07, 6.45) is 0.688. The van der Waals surface area contributed by atoms with Crippen molar-refractivity contribution in [2.45, 2.75) is 32.9 Å². The smallest absolute Gasteiger partial charge is 0.303 e. The molecule has 0 unspecified atom stereocenters. The molecule has 3 aromatic rings. The van der Waals surface area contributed by atoms with E-state index < -0.39 is 5.97 Å². The van der Waals surface area contributed by atoms with E-state index in [2.05, 4.69) is 65.3 Å². The monoisotopic (exact) mass is 444 g/mol. The number of carboxylic acids is 1. The van der Waals surface area contributed by atoms with Crippen LogP contribution in [0.2, 0.25) is 0 Å². The Kier molecular flexibility index (Phi) is 7.63. The molecule has 5 nitrogen and oxygen atoms in total. The van der Waals surface area contributed by atoms with Crippen LogP contribution in [0.25, 0.3) is 0 Å². The Morgan fingerprint density at radius 1 is 0.818 bits per heavy atom. The fraction of sp³-hybridized carbons (Fsp3) is 0.321. The van der Waals surface area contributed by atoms with Crippen LogP contribution in [0.15, 0.2) is 72.8 Å². The zero-order valence-electron chi connectivity index (χ0n) is 19.2. The van der Waals surface area contributed by atoms with E-state index in [1.807, 2.05) is 24.3 Å². The molecule has 0 atom stereocenters. The number of hydrogen-bond donors (Lipinski definition) is 1. The van der Waals surface area contributed by atoms with Gasteiger partial charge in [-0.3, -0.25) is 9.69 Å². The molecule has 0 amide bonds. The van der Waals surface area contributed by atoms with Crippen LogP contribution in [0.3, 0.4) is 0 Å². The molecule has 1 N–H and O–H groups in total. The number of anilines is 1. The van der Waals surface area contributed by atoms with Crippen LogP contribution in [0.1, 0.15) is 28.7 Å². The maximum absolute atomic E-state index is 10.7. The number of ether oxygens (including phenoxy) is 1. The van der Waals surface area contributed by atoms with Gasteiger partial charge in [-0.25, -0.2) is 0 Å². The third-order valence-corrected chi connectivity index (χ3v) is 6.16. The van der Waals surface area contributed by atoms with Crippen LogP contribution in [0, 0.1) is 6.92 Å². The van der Waals surface area contributed by atoms with Crippen molar-refractivity contribution < 1.29 is 14.6 Å². The third-order valence-electron chi connectivity index (χ3n) is 6.16. The molecule has 0 saturated carbocycles. The van der Waals surface area contributed by atoms with E-state index in [9.17, 15) is 4.79 Å². The quantitative estimate of drug-likeness (QED) is 0.508. The fourth-order valence-corrected chi connectivity index (χ4v) is 4.09. The second-order valence-electron chi connectivity index (χ2n) is 8.74. The first-order chi connectivity index (χ1) is 16.0. The normalized spacial score (nSPS) is 14.3. The topological polar surface area (TPSA) is 53.0 Å². The van der Waals surface area contributed by atoms with E-state index in [-0.39, 0.29) is 6.42 Å². The van der Waals surface area contributed by atoms with Gasteiger partial charge in [0.05, 0.1) is 0 Å². The van der Waals surface area contributed by atoms with Crippen molar-refractivity contribution in [2.24, 2.45) is 0 Å². The molecule has 1 fully saturated rings. The molecule has 0 aliphatic carbocycles. The summed E-state index contributed by atoms with van der Waals surface area (Å²) in [4.78, 5) is 15.7. The van der Waals surface area contributed by atoms with Gasteiger partial charge in [-0.2, -0.15) is 0 Å². The van der Waals surface area contributed by atoms with Gasteiger partial charge in [0.15, 0.2) is 0 Å². The number of aliphatic carboxylic acids is 1. The van der Waals surface area contributed by atoms with Crippen molar-refractivity contribution in [2.75, 3.05) is 31.1 Å². The van der Waals surface area contributed by atoms with Gasteiger partial charge in [0, 0.05) is 44.8 Å². The Bertz CT molecular complexity index is 1020. The first kappa shape index (κ1) is 22.9. The minimum Gasteiger partial charge on any atom is -0.489 e. The van der Waals surface area contributed by atoms with Crippen molar-refractivity contribution in [1.82, 2.24) is 4.90 Å². The number of carbonyl (C=O) groups is 1. The van der Waals surface area contributed by atoms with Crippen molar-refractivity contribution in [1.29, 1.82) is 0 Å². The molecular formula is C28H32N2O3. The number of nitrogens with zero attached hydrogens (tertiary/aromatic N) is 2. The molecule has 1 aliphatic heterocycles. The minimum atomic E-state index is -0.775. The summed E-state index contributed by atoms with van der Waals surface area (Å²) in [5.41, 5.74) is 6.09. The number of carboxylic acid groups (broad SMARTS) is 1. The Morgan fingerprint density at radius 3 is 2.06 bits per heavy atom. The Balaban J connectivity index is 1.21. The van der Waals surface area contributed by atoms with Gasteiger partial charge in [0.25, 0.3) is 0 Å². The Labute approximate surface area is 196 Å². The van der Waals surface area contributed by atoms with Crippen LogP contribution in [0.5, 0.6) is 5.75 Å². The van der Waals surface area contributed by atoms with E-state index in [0.717, 1.165) is 49.6 Å². The molecule has 0 bridgehead atoms. The zero-order chi connectivity index (χ0) is 23.0. The van der Waals surface area contributed by atoms with E-state index >= 15 is 0 Å². The number of hydrogen-bond acceptors (Lipinski definition) is 4. The highest BCUT2D eigenvalue weighted by molar-refractivity contribution is 5.67. The molecule has 4 rings (SSSR count). The van der Waals surface area contributed by atoms with E-state index in [1.54, 1.807) is 0 Å². The van der Waals surface area contributed by atoms with Gasteiger partial charge in [0.1, 0.15) is 12.4 Å². The summed E-state index contributed by atoms with van der Waals surface area (Å²) >= 11 is 0. The van der Waals surface area contributed by atoms with Crippen LogP contribution in [-0.2, 0) is 24.4 Å². The van der Waals surface area contributed by atoms with Crippen molar-refractivity contribution in [3.8, 4) is 5.75 Å². The lowest BCUT2D eigenvalue weighted by Crippen LogP contribution is -2.45. The average molecular weight is 445 g/mol. The Hall–Kier alpha value is -3.31. The molecule has 0 aromatic heterocycles. The van der Waals surface area contributed by atoms with Crippen LogP contribution in [0.4, 0.5) is 5.69 Å². The van der Waals surface area contributed by atoms with Crippen LogP contribution >= 0.6 is 0 Å². The highest BCUT2D eigenvalue weighted by Gasteiger charge is 2.17. The molecular weight excluding hydrogens is 412 g/mol. The molecule has 1 saturated heterocycles. The number of piperazine rings is 1. The second kappa shape index (κ2) is 11.0. The molecule has 3 aromatic carbocycles.